The van der Waals surface area contributed by atoms with E-state index >= 15 is 0 Å². The smallest absolute Gasteiger partial charge is 0.251 e. The van der Waals surface area contributed by atoms with E-state index in [0.29, 0.717) is 17.0 Å². The van der Waals surface area contributed by atoms with Crippen LogP contribution in [-0.2, 0) is 11.2 Å². The zero-order chi connectivity index (χ0) is 19.5. The number of carbonyl (C=O) groups excluding carboxylic acids is 2. The van der Waals surface area contributed by atoms with Crippen molar-refractivity contribution in [2.24, 2.45) is 0 Å². The summed E-state index contributed by atoms with van der Waals surface area (Å²) in [6.45, 7) is 1.49. The second kappa shape index (κ2) is 8.07. The Morgan fingerprint density at radius 1 is 1.11 bits per heavy atom. The number of halogens is 1. The average Bonchev–Trinajstić information content (AvgIpc) is 3.37. The summed E-state index contributed by atoms with van der Waals surface area (Å²) in [5.41, 5.74) is 2.48. The van der Waals surface area contributed by atoms with Crippen LogP contribution in [0, 0.1) is 0 Å². The number of rotatable bonds is 5. The van der Waals surface area contributed by atoms with Gasteiger partial charge in [0.2, 0.25) is 5.91 Å². The van der Waals surface area contributed by atoms with E-state index in [-0.39, 0.29) is 11.8 Å². The quantitative estimate of drug-likeness (QED) is 0.690. The Balaban J connectivity index is 1.60. The molecule has 0 unspecified atom stereocenters. The van der Waals surface area contributed by atoms with Crippen molar-refractivity contribution in [2.75, 3.05) is 13.1 Å². The van der Waals surface area contributed by atoms with Gasteiger partial charge in [0.1, 0.15) is 6.04 Å². The highest BCUT2D eigenvalue weighted by Gasteiger charge is 2.29. The molecular formula is C22H22ClN3O2. The number of aromatic amines is 1. The number of hydrogen-bond acceptors (Lipinski definition) is 2. The van der Waals surface area contributed by atoms with Crippen LogP contribution >= 0.6 is 11.6 Å². The maximum absolute atomic E-state index is 13.1. The molecule has 4 rings (SSSR count). The molecule has 0 bridgehead atoms. The molecule has 0 spiro atoms. The molecule has 1 aromatic heterocycles. The molecule has 1 atom stereocenters. The van der Waals surface area contributed by atoms with Crippen LogP contribution in [0.25, 0.3) is 10.9 Å². The van der Waals surface area contributed by atoms with Crippen LogP contribution in [0.1, 0.15) is 28.8 Å². The van der Waals surface area contributed by atoms with E-state index in [1.165, 1.54) is 0 Å². The molecule has 1 saturated heterocycles. The summed E-state index contributed by atoms with van der Waals surface area (Å²) in [6, 6.07) is 14.1. The predicted octanol–water partition coefficient (Wildman–Crippen LogP) is 3.78. The number of aromatic nitrogens is 1. The fraction of sp³-hybridized carbons (Fsp3) is 0.273. The Labute approximate surface area is 168 Å². The minimum absolute atomic E-state index is 0.0295. The summed E-state index contributed by atoms with van der Waals surface area (Å²) in [5.74, 6) is -0.321. The Morgan fingerprint density at radius 2 is 1.89 bits per heavy atom. The van der Waals surface area contributed by atoms with Gasteiger partial charge in [-0.3, -0.25) is 9.59 Å². The van der Waals surface area contributed by atoms with Crippen LogP contribution in [0.3, 0.4) is 0 Å². The van der Waals surface area contributed by atoms with Crippen molar-refractivity contribution in [1.29, 1.82) is 0 Å². The number of benzene rings is 2. The van der Waals surface area contributed by atoms with Gasteiger partial charge < -0.3 is 15.2 Å². The molecule has 0 saturated carbocycles. The van der Waals surface area contributed by atoms with Gasteiger partial charge >= 0.3 is 0 Å². The average molecular weight is 396 g/mol. The minimum Gasteiger partial charge on any atom is -0.361 e. The summed E-state index contributed by atoms with van der Waals surface area (Å²) in [7, 11) is 0. The highest BCUT2D eigenvalue weighted by atomic mass is 35.5. The van der Waals surface area contributed by atoms with Crippen molar-refractivity contribution in [3.05, 3.63) is 70.9 Å². The lowest BCUT2D eigenvalue weighted by Gasteiger charge is -2.24. The maximum Gasteiger partial charge on any atom is 0.251 e. The SMILES string of the molecule is O=C(N[C@@H](Cc1c[nH]c2ccccc12)C(=O)N1CCCC1)c1cccc(Cl)c1. The molecule has 5 nitrogen and oxygen atoms in total. The van der Waals surface area contributed by atoms with Crippen LogP contribution in [0.2, 0.25) is 5.02 Å². The third-order valence-corrected chi connectivity index (χ3v) is 5.44. The number of carbonyl (C=O) groups is 2. The van der Waals surface area contributed by atoms with E-state index in [4.69, 9.17) is 11.6 Å². The lowest BCUT2D eigenvalue weighted by Crippen LogP contribution is -2.49. The first-order valence-electron chi connectivity index (χ1n) is 9.52. The molecule has 2 N–H and O–H groups in total. The first kappa shape index (κ1) is 18.6. The number of likely N-dealkylation sites (tertiary alicyclic amines) is 1. The number of nitrogens with one attached hydrogen (secondary N) is 2. The molecule has 2 amide bonds. The van der Waals surface area contributed by atoms with Gasteiger partial charge in [-0.25, -0.2) is 0 Å². The Bertz CT molecular complexity index is 1010. The van der Waals surface area contributed by atoms with E-state index < -0.39 is 6.04 Å². The third-order valence-electron chi connectivity index (χ3n) is 5.21. The van der Waals surface area contributed by atoms with Crippen molar-refractivity contribution in [1.82, 2.24) is 15.2 Å². The van der Waals surface area contributed by atoms with Gasteiger partial charge in [0, 0.05) is 47.2 Å². The molecule has 1 aliphatic heterocycles. The summed E-state index contributed by atoms with van der Waals surface area (Å²) in [6.07, 6.45) is 4.37. The number of amides is 2. The number of nitrogens with zero attached hydrogens (tertiary/aromatic N) is 1. The molecule has 144 valence electrons. The first-order chi connectivity index (χ1) is 13.6. The number of H-pyrrole nitrogens is 1. The maximum atomic E-state index is 13.1. The fourth-order valence-electron chi connectivity index (χ4n) is 3.75. The molecule has 6 heteroatoms. The van der Waals surface area contributed by atoms with Crippen LogP contribution in [0.4, 0.5) is 0 Å². The highest BCUT2D eigenvalue weighted by Crippen LogP contribution is 2.21. The fourth-order valence-corrected chi connectivity index (χ4v) is 3.94. The minimum atomic E-state index is -0.621. The normalized spacial score (nSPS) is 15.0. The summed E-state index contributed by atoms with van der Waals surface area (Å²) < 4.78 is 0. The van der Waals surface area contributed by atoms with Gasteiger partial charge in [-0.1, -0.05) is 35.9 Å². The van der Waals surface area contributed by atoms with Crippen LogP contribution in [-0.4, -0.2) is 40.8 Å². The van der Waals surface area contributed by atoms with E-state index in [2.05, 4.69) is 10.3 Å². The number of fused-ring (bicyclic) bond motifs is 1. The monoisotopic (exact) mass is 395 g/mol. The number of para-hydroxylation sites is 1. The van der Waals surface area contributed by atoms with Gasteiger partial charge in [0.05, 0.1) is 0 Å². The zero-order valence-corrected chi connectivity index (χ0v) is 16.2. The predicted molar refractivity (Wildman–Crippen MR) is 111 cm³/mol. The lowest BCUT2D eigenvalue weighted by molar-refractivity contribution is -0.132. The number of hydrogen-bond donors (Lipinski definition) is 2. The van der Waals surface area contributed by atoms with E-state index in [1.807, 2.05) is 35.4 Å². The summed E-state index contributed by atoms with van der Waals surface area (Å²) in [5, 5.41) is 4.50. The van der Waals surface area contributed by atoms with Crippen molar-refractivity contribution in [2.45, 2.75) is 25.3 Å². The van der Waals surface area contributed by atoms with Crippen molar-refractivity contribution < 1.29 is 9.59 Å². The standard InChI is InChI=1S/C22H22ClN3O2/c23-17-7-5-6-15(12-17)21(27)25-20(22(28)26-10-3-4-11-26)13-16-14-24-19-9-2-1-8-18(16)19/h1-2,5-9,12,14,20,24H,3-4,10-11,13H2,(H,25,27)/t20-/m0/s1. The molecular weight excluding hydrogens is 374 g/mol. The lowest BCUT2D eigenvalue weighted by atomic mass is 10.0. The Morgan fingerprint density at radius 3 is 2.68 bits per heavy atom. The first-order valence-corrected chi connectivity index (χ1v) is 9.90. The molecule has 2 aromatic carbocycles. The van der Waals surface area contributed by atoms with Gasteiger partial charge in [-0.05, 0) is 42.7 Å². The molecule has 3 aromatic rings. The van der Waals surface area contributed by atoms with E-state index in [0.717, 1.165) is 42.4 Å². The van der Waals surface area contributed by atoms with Crippen molar-refractivity contribution >= 4 is 34.3 Å². The summed E-state index contributed by atoms with van der Waals surface area (Å²) >= 11 is 6.01. The van der Waals surface area contributed by atoms with Gasteiger partial charge in [-0.2, -0.15) is 0 Å². The summed E-state index contributed by atoms with van der Waals surface area (Å²) in [4.78, 5) is 31.0. The molecule has 1 aliphatic rings. The molecule has 28 heavy (non-hydrogen) atoms. The third kappa shape index (κ3) is 3.90. The van der Waals surface area contributed by atoms with E-state index in [1.54, 1.807) is 24.3 Å². The zero-order valence-electron chi connectivity index (χ0n) is 15.5. The second-order valence-electron chi connectivity index (χ2n) is 7.13. The van der Waals surface area contributed by atoms with E-state index in [9.17, 15) is 9.59 Å². The van der Waals surface area contributed by atoms with Gasteiger partial charge in [-0.15, -0.1) is 0 Å². The van der Waals surface area contributed by atoms with Gasteiger partial charge in [0.25, 0.3) is 5.91 Å². The molecule has 1 fully saturated rings. The van der Waals surface area contributed by atoms with Crippen molar-refractivity contribution in [3.63, 3.8) is 0 Å². The Kier molecular flexibility index (Phi) is 5.35. The van der Waals surface area contributed by atoms with Crippen molar-refractivity contribution in [3.8, 4) is 0 Å². The van der Waals surface area contributed by atoms with Crippen LogP contribution in [0.15, 0.2) is 54.7 Å². The molecule has 0 aliphatic carbocycles. The topological polar surface area (TPSA) is 65.2 Å². The van der Waals surface area contributed by atoms with Gasteiger partial charge in [0.15, 0.2) is 0 Å². The highest BCUT2D eigenvalue weighted by molar-refractivity contribution is 6.31. The molecule has 0 radical (unpaired) electrons. The molecule has 2 heterocycles. The second-order valence-corrected chi connectivity index (χ2v) is 7.57. The Hall–Kier alpha value is -2.79. The largest absolute Gasteiger partial charge is 0.361 e. The van der Waals surface area contributed by atoms with Crippen LogP contribution in [0.5, 0.6) is 0 Å². The van der Waals surface area contributed by atoms with Crippen LogP contribution < -0.4 is 5.32 Å².